The quantitative estimate of drug-likeness (QED) is 0.433. The number of aromatic amines is 1. The first-order valence-electron chi connectivity index (χ1n) is 9.40. The first kappa shape index (κ1) is 20.4. The molecule has 0 bridgehead atoms. The van der Waals surface area contributed by atoms with Crippen molar-refractivity contribution in [3.63, 3.8) is 0 Å². The topological polar surface area (TPSA) is 62.3 Å². The SMILES string of the molecule is C=CCOC(=O)C(C)(C)c1cc2c(CCO)c(-c3cc(C)cc(C)c3)[nH]c2s1. The molecule has 0 aliphatic heterocycles. The summed E-state index contributed by atoms with van der Waals surface area (Å²) in [6.07, 6.45) is 2.13. The molecule has 3 rings (SSSR count). The van der Waals surface area contributed by atoms with Crippen LogP contribution in [0.5, 0.6) is 0 Å². The maximum Gasteiger partial charge on any atom is 0.317 e. The number of rotatable bonds is 7. The number of H-pyrrole nitrogens is 1. The van der Waals surface area contributed by atoms with Crippen molar-refractivity contribution in [1.82, 2.24) is 4.98 Å². The summed E-state index contributed by atoms with van der Waals surface area (Å²) in [5, 5.41) is 10.7. The number of fused-ring (bicyclic) bond motifs is 1. The third-order valence-corrected chi connectivity index (χ3v) is 6.30. The largest absolute Gasteiger partial charge is 0.461 e. The lowest BCUT2D eigenvalue weighted by Gasteiger charge is -2.20. The molecule has 0 saturated heterocycles. The number of carbonyl (C=O) groups excluding carboxylic acids is 1. The van der Waals surface area contributed by atoms with E-state index >= 15 is 0 Å². The number of hydrogen-bond acceptors (Lipinski definition) is 4. The lowest BCUT2D eigenvalue weighted by molar-refractivity contribution is -0.147. The van der Waals surface area contributed by atoms with Gasteiger partial charge >= 0.3 is 5.97 Å². The molecule has 2 N–H and O–H groups in total. The van der Waals surface area contributed by atoms with Gasteiger partial charge in [0.2, 0.25) is 0 Å². The number of aryl methyl sites for hydroxylation is 2. The molecule has 28 heavy (non-hydrogen) atoms. The molecule has 2 aromatic heterocycles. The van der Waals surface area contributed by atoms with E-state index < -0.39 is 5.41 Å². The van der Waals surface area contributed by atoms with Gasteiger partial charge in [0.15, 0.2) is 0 Å². The number of thiophene rings is 1. The van der Waals surface area contributed by atoms with E-state index in [2.05, 4.69) is 49.7 Å². The summed E-state index contributed by atoms with van der Waals surface area (Å²) in [6.45, 7) is 11.8. The molecule has 0 aliphatic rings. The zero-order chi connectivity index (χ0) is 20.5. The number of carbonyl (C=O) groups is 1. The van der Waals surface area contributed by atoms with Crippen molar-refractivity contribution in [3.05, 3.63) is 58.5 Å². The number of aliphatic hydroxyl groups is 1. The minimum atomic E-state index is -0.746. The van der Waals surface area contributed by atoms with Crippen LogP contribution in [0.3, 0.4) is 0 Å². The van der Waals surface area contributed by atoms with E-state index in [-0.39, 0.29) is 19.2 Å². The van der Waals surface area contributed by atoms with E-state index in [4.69, 9.17) is 4.74 Å². The van der Waals surface area contributed by atoms with Crippen LogP contribution in [0.4, 0.5) is 0 Å². The smallest absolute Gasteiger partial charge is 0.317 e. The van der Waals surface area contributed by atoms with Crippen molar-refractivity contribution in [2.45, 2.75) is 39.5 Å². The van der Waals surface area contributed by atoms with Gasteiger partial charge in [0.1, 0.15) is 11.4 Å². The Kier molecular flexibility index (Phi) is 5.77. The first-order valence-corrected chi connectivity index (χ1v) is 10.2. The molecule has 0 atom stereocenters. The van der Waals surface area contributed by atoms with Crippen molar-refractivity contribution in [2.24, 2.45) is 0 Å². The Morgan fingerprint density at radius 2 is 1.93 bits per heavy atom. The summed E-state index contributed by atoms with van der Waals surface area (Å²) in [6, 6.07) is 8.51. The van der Waals surface area contributed by atoms with E-state index in [9.17, 15) is 9.90 Å². The van der Waals surface area contributed by atoms with Crippen LogP contribution in [0.25, 0.3) is 21.5 Å². The molecule has 148 valence electrons. The standard InChI is InChI=1S/C23H27NO3S/c1-6-9-27-22(26)23(4,5)19-13-18-17(7-8-25)20(24-21(18)28-19)16-11-14(2)10-15(3)12-16/h6,10-13,24-25H,1,7-9H2,2-5H3. The summed E-state index contributed by atoms with van der Waals surface area (Å²) < 4.78 is 5.28. The van der Waals surface area contributed by atoms with Crippen LogP contribution in [0.2, 0.25) is 0 Å². The van der Waals surface area contributed by atoms with Crippen molar-refractivity contribution < 1.29 is 14.6 Å². The van der Waals surface area contributed by atoms with Crippen LogP contribution in [-0.4, -0.2) is 29.3 Å². The van der Waals surface area contributed by atoms with E-state index in [1.807, 2.05) is 13.8 Å². The number of hydrogen-bond donors (Lipinski definition) is 2. The first-order chi connectivity index (χ1) is 13.3. The maximum absolute atomic E-state index is 12.5. The number of nitrogens with one attached hydrogen (secondary N) is 1. The zero-order valence-corrected chi connectivity index (χ0v) is 17.7. The average Bonchev–Trinajstić information content (AvgIpc) is 3.19. The number of benzene rings is 1. The normalized spacial score (nSPS) is 11.8. The molecule has 5 heteroatoms. The molecule has 0 radical (unpaired) electrons. The van der Waals surface area contributed by atoms with Gasteiger partial charge in [-0.25, -0.2) is 0 Å². The molecule has 4 nitrogen and oxygen atoms in total. The van der Waals surface area contributed by atoms with Crippen LogP contribution in [0.1, 0.15) is 35.4 Å². The van der Waals surface area contributed by atoms with Crippen molar-refractivity contribution in [2.75, 3.05) is 13.2 Å². The number of aliphatic hydroxyl groups excluding tert-OH is 1. The fourth-order valence-electron chi connectivity index (χ4n) is 3.49. The Hall–Kier alpha value is -2.37. The highest BCUT2D eigenvalue weighted by molar-refractivity contribution is 7.19. The van der Waals surface area contributed by atoms with Gasteiger partial charge in [0, 0.05) is 16.9 Å². The zero-order valence-electron chi connectivity index (χ0n) is 16.9. The number of ether oxygens (including phenoxy) is 1. The van der Waals surface area contributed by atoms with Crippen molar-refractivity contribution >= 4 is 27.5 Å². The molecule has 0 amide bonds. The molecule has 2 heterocycles. The van der Waals surface area contributed by atoms with Gasteiger partial charge in [-0.05, 0) is 63.4 Å². The summed E-state index contributed by atoms with van der Waals surface area (Å²) in [4.78, 5) is 18.0. The third kappa shape index (κ3) is 3.77. The highest BCUT2D eigenvalue weighted by Gasteiger charge is 2.34. The molecule has 0 spiro atoms. The molecule has 0 fully saturated rings. The van der Waals surface area contributed by atoms with Crippen molar-refractivity contribution in [1.29, 1.82) is 0 Å². The second kappa shape index (κ2) is 7.94. The molecule has 1 aromatic carbocycles. The second-order valence-corrected chi connectivity index (χ2v) is 8.75. The molecule has 0 unspecified atom stereocenters. The van der Waals surface area contributed by atoms with E-state index in [1.54, 1.807) is 17.4 Å². The minimum Gasteiger partial charge on any atom is -0.461 e. The highest BCUT2D eigenvalue weighted by atomic mass is 32.1. The van der Waals surface area contributed by atoms with Gasteiger partial charge in [-0.1, -0.05) is 29.8 Å². The van der Waals surface area contributed by atoms with Crippen molar-refractivity contribution in [3.8, 4) is 11.3 Å². The monoisotopic (exact) mass is 397 g/mol. The van der Waals surface area contributed by atoms with Crippen LogP contribution in [0, 0.1) is 13.8 Å². The van der Waals surface area contributed by atoms with Gasteiger partial charge in [-0.3, -0.25) is 4.79 Å². The van der Waals surface area contributed by atoms with Crippen LogP contribution in [-0.2, 0) is 21.4 Å². The van der Waals surface area contributed by atoms with Crippen LogP contribution in [0.15, 0.2) is 36.9 Å². The molecular weight excluding hydrogens is 370 g/mol. The molecule has 0 aliphatic carbocycles. The number of aromatic nitrogens is 1. The molecule has 3 aromatic rings. The lowest BCUT2D eigenvalue weighted by atomic mass is 9.91. The van der Waals surface area contributed by atoms with Gasteiger partial charge in [0.25, 0.3) is 0 Å². The Morgan fingerprint density at radius 1 is 1.25 bits per heavy atom. The molecular formula is C23H27NO3S. The van der Waals surface area contributed by atoms with Gasteiger partial charge in [-0.15, -0.1) is 11.3 Å². The number of esters is 1. The Balaban J connectivity index is 2.08. The summed E-state index contributed by atoms with van der Waals surface area (Å²) >= 11 is 1.57. The third-order valence-electron chi connectivity index (χ3n) is 4.93. The predicted molar refractivity (Wildman–Crippen MR) is 116 cm³/mol. The van der Waals surface area contributed by atoms with Gasteiger partial charge in [-0.2, -0.15) is 0 Å². The Morgan fingerprint density at radius 3 is 2.54 bits per heavy atom. The highest BCUT2D eigenvalue weighted by Crippen LogP contribution is 2.40. The fraction of sp³-hybridized carbons (Fsp3) is 0.348. The average molecular weight is 398 g/mol. The fourth-order valence-corrected chi connectivity index (χ4v) is 4.67. The lowest BCUT2D eigenvalue weighted by Crippen LogP contribution is -2.30. The predicted octanol–water partition coefficient (Wildman–Crippen LogP) is 5.05. The van der Waals surface area contributed by atoms with Gasteiger partial charge in [0.05, 0.1) is 11.1 Å². The van der Waals surface area contributed by atoms with Crippen LogP contribution < -0.4 is 0 Å². The van der Waals surface area contributed by atoms with E-state index in [1.165, 1.54) is 11.1 Å². The molecule has 0 saturated carbocycles. The maximum atomic E-state index is 12.5. The minimum absolute atomic E-state index is 0.0701. The Labute approximate surface area is 169 Å². The summed E-state index contributed by atoms with van der Waals surface area (Å²) in [7, 11) is 0. The summed E-state index contributed by atoms with van der Waals surface area (Å²) in [5.41, 5.74) is 4.91. The van der Waals surface area contributed by atoms with E-state index in [0.717, 1.165) is 31.9 Å². The Bertz CT molecular complexity index is 1010. The van der Waals surface area contributed by atoms with E-state index in [0.29, 0.717) is 6.42 Å². The summed E-state index contributed by atoms with van der Waals surface area (Å²) in [5.74, 6) is -0.269. The second-order valence-electron chi connectivity index (χ2n) is 7.69. The van der Waals surface area contributed by atoms with Crippen LogP contribution >= 0.6 is 11.3 Å². The van der Waals surface area contributed by atoms with Gasteiger partial charge < -0.3 is 14.8 Å².